The molecule has 0 amide bonds. The Hall–Kier alpha value is -2.25. The third kappa shape index (κ3) is 3.24. The Morgan fingerprint density at radius 1 is 1.31 bits per heavy atom. The maximum Gasteiger partial charge on any atom is 0.250 e. The molecule has 0 aliphatic heterocycles. The van der Waals surface area contributed by atoms with E-state index in [0.29, 0.717) is 5.56 Å². The molecule has 3 aromatic rings. The van der Waals surface area contributed by atoms with Gasteiger partial charge in [-0.1, -0.05) is 0 Å². The van der Waals surface area contributed by atoms with Crippen LogP contribution in [0, 0.1) is 19.8 Å². The fraction of sp³-hybridized carbons (Fsp3) is 0.368. The number of hydrogen-bond donors (Lipinski definition) is 2. The zero-order valence-electron chi connectivity index (χ0n) is 15.1. The molecule has 0 spiro atoms. The Morgan fingerprint density at radius 2 is 2.08 bits per heavy atom. The van der Waals surface area contributed by atoms with Gasteiger partial charge in [-0.05, 0) is 61.9 Å². The third-order valence-electron chi connectivity index (χ3n) is 4.86. The Kier molecular flexibility index (Phi) is 4.28. The molecular formula is C19H22N4O2S. The standard InChI is InChI=1S/C19H22N4O2S/c1-11-6-15(9-20-19(11)24)14-7-16(22-26(3)25)18-17(8-14)23(12(2)21-18)10-13-4-5-13/h6-9,13,22H,4-5,10H2,1-3H3,(H,20,24). The highest BCUT2D eigenvalue weighted by Gasteiger charge is 2.24. The minimum absolute atomic E-state index is 0.0857. The first-order chi connectivity index (χ1) is 12.4. The van der Waals surface area contributed by atoms with E-state index in [0.717, 1.165) is 46.1 Å². The van der Waals surface area contributed by atoms with Gasteiger partial charge in [-0.25, -0.2) is 9.71 Å². The molecular weight excluding hydrogens is 348 g/mol. The molecule has 4 rings (SSSR count). The molecule has 1 aliphatic carbocycles. The molecule has 7 heteroatoms. The van der Waals surface area contributed by atoms with Gasteiger partial charge in [-0.2, -0.15) is 0 Å². The fourth-order valence-electron chi connectivity index (χ4n) is 3.29. The summed E-state index contributed by atoms with van der Waals surface area (Å²) < 4.78 is 17.1. The lowest BCUT2D eigenvalue weighted by atomic mass is 10.0. The Morgan fingerprint density at radius 3 is 2.73 bits per heavy atom. The molecule has 0 saturated heterocycles. The molecule has 136 valence electrons. The number of fused-ring (bicyclic) bond motifs is 1. The Balaban J connectivity index is 1.91. The summed E-state index contributed by atoms with van der Waals surface area (Å²) >= 11 is -1.20. The van der Waals surface area contributed by atoms with E-state index >= 15 is 0 Å². The quantitative estimate of drug-likeness (QED) is 0.676. The molecule has 6 nitrogen and oxygen atoms in total. The highest BCUT2D eigenvalue weighted by Crippen LogP contribution is 2.35. The topological polar surface area (TPSA) is 85.8 Å². The van der Waals surface area contributed by atoms with E-state index in [2.05, 4.69) is 20.3 Å². The maximum absolute atomic E-state index is 11.8. The maximum atomic E-state index is 11.8. The highest BCUT2D eigenvalue weighted by molar-refractivity contribution is 7.92. The molecule has 1 aromatic carbocycles. The van der Waals surface area contributed by atoms with Crippen molar-refractivity contribution in [3.8, 4) is 11.1 Å². The zero-order valence-corrected chi connectivity index (χ0v) is 15.9. The minimum atomic E-state index is -1.20. The number of rotatable bonds is 5. The van der Waals surface area contributed by atoms with Crippen LogP contribution in [0.25, 0.3) is 22.2 Å². The van der Waals surface area contributed by atoms with Crippen molar-refractivity contribution in [1.82, 2.24) is 14.5 Å². The predicted octanol–water partition coefficient (Wildman–Crippen LogP) is 3.12. The third-order valence-corrected chi connectivity index (χ3v) is 5.37. The average molecular weight is 370 g/mol. The summed E-state index contributed by atoms with van der Waals surface area (Å²) in [5.74, 6) is 1.69. The van der Waals surface area contributed by atoms with Gasteiger partial charge < -0.3 is 14.1 Å². The summed E-state index contributed by atoms with van der Waals surface area (Å²) in [5, 5.41) is 0. The van der Waals surface area contributed by atoms with Crippen molar-refractivity contribution in [2.75, 3.05) is 11.0 Å². The Labute approximate surface area is 155 Å². The summed E-state index contributed by atoms with van der Waals surface area (Å²) in [5.41, 5.74) is 5.08. The summed E-state index contributed by atoms with van der Waals surface area (Å²) in [6, 6.07) is 5.93. The van der Waals surface area contributed by atoms with Crippen LogP contribution in [0.15, 0.2) is 29.2 Å². The zero-order chi connectivity index (χ0) is 18.4. The van der Waals surface area contributed by atoms with Crippen molar-refractivity contribution in [2.24, 2.45) is 5.92 Å². The van der Waals surface area contributed by atoms with Gasteiger partial charge in [-0.3, -0.25) is 4.79 Å². The van der Waals surface area contributed by atoms with Gasteiger partial charge in [-0.15, -0.1) is 0 Å². The number of benzene rings is 1. The summed E-state index contributed by atoms with van der Waals surface area (Å²) in [7, 11) is 0. The molecule has 0 radical (unpaired) electrons. The van der Waals surface area contributed by atoms with Crippen LogP contribution in [0.2, 0.25) is 0 Å². The monoisotopic (exact) mass is 370 g/mol. The van der Waals surface area contributed by atoms with E-state index in [4.69, 9.17) is 4.98 Å². The number of pyridine rings is 1. The molecule has 1 unspecified atom stereocenters. The van der Waals surface area contributed by atoms with Crippen LogP contribution in [-0.4, -0.2) is 25.3 Å². The molecule has 2 aromatic heterocycles. The number of aromatic amines is 1. The molecule has 1 aliphatic rings. The van der Waals surface area contributed by atoms with Crippen LogP contribution < -0.4 is 10.3 Å². The number of nitrogens with zero attached hydrogens (tertiary/aromatic N) is 2. The average Bonchev–Trinajstić information content (AvgIpc) is 3.34. The lowest BCUT2D eigenvalue weighted by Gasteiger charge is -2.12. The lowest BCUT2D eigenvalue weighted by Crippen LogP contribution is -2.11. The second-order valence-corrected chi connectivity index (χ2v) is 8.17. The van der Waals surface area contributed by atoms with Gasteiger partial charge in [0.05, 0.1) is 16.9 Å². The molecule has 1 saturated carbocycles. The van der Waals surface area contributed by atoms with Gasteiger partial charge in [0, 0.05) is 18.3 Å². The minimum Gasteiger partial charge on any atom is -0.593 e. The van der Waals surface area contributed by atoms with Crippen LogP contribution >= 0.6 is 0 Å². The van der Waals surface area contributed by atoms with E-state index in [1.165, 1.54) is 12.8 Å². The van der Waals surface area contributed by atoms with Gasteiger partial charge in [0.25, 0.3) is 5.56 Å². The summed E-state index contributed by atoms with van der Waals surface area (Å²) in [6.07, 6.45) is 5.86. The number of H-pyrrole nitrogens is 1. The number of anilines is 1. The van der Waals surface area contributed by atoms with Gasteiger partial charge in [0.15, 0.2) is 0 Å². The van der Waals surface area contributed by atoms with Crippen LogP contribution in [0.4, 0.5) is 5.69 Å². The van der Waals surface area contributed by atoms with Gasteiger partial charge in [0.2, 0.25) is 0 Å². The fourth-order valence-corrected chi connectivity index (χ4v) is 3.76. The van der Waals surface area contributed by atoms with Crippen LogP contribution in [-0.2, 0) is 17.9 Å². The smallest absolute Gasteiger partial charge is 0.250 e. The van der Waals surface area contributed by atoms with E-state index in [1.807, 2.05) is 19.1 Å². The number of hydrogen-bond acceptors (Lipinski definition) is 4. The summed E-state index contributed by atoms with van der Waals surface area (Å²) in [4.78, 5) is 19.2. The van der Waals surface area contributed by atoms with Gasteiger partial charge in [0.1, 0.15) is 23.3 Å². The number of nitrogens with one attached hydrogen (secondary N) is 2. The van der Waals surface area contributed by atoms with E-state index < -0.39 is 11.4 Å². The van der Waals surface area contributed by atoms with E-state index in [1.54, 1.807) is 19.4 Å². The van der Waals surface area contributed by atoms with Crippen molar-refractivity contribution in [3.63, 3.8) is 0 Å². The normalized spacial score (nSPS) is 15.4. The summed E-state index contributed by atoms with van der Waals surface area (Å²) in [6.45, 7) is 4.77. The molecule has 1 atom stereocenters. The SMILES string of the molecule is Cc1cc(-c2cc(N[S+](C)[O-])c3nc(C)n(CC4CC4)c3c2)c[nH]c1=O. The molecule has 1 fully saturated rings. The predicted molar refractivity (Wildman–Crippen MR) is 106 cm³/mol. The van der Waals surface area contributed by atoms with Crippen molar-refractivity contribution >= 4 is 28.1 Å². The lowest BCUT2D eigenvalue weighted by molar-refractivity contribution is 0.606. The molecule has 2 heterocycles. The largest absolute Gasteiger partial charge is 0.593 e. The van der Waals surface area contributed by atoms with Crippen molar-refractivity contribution in [2.45, 2.75) is 33.2 Å². The number of aryl methyl sites for hydroxylation is 2. The van der Waals surface area contributed by atoms with Crippen LogP contribution in [0.5, 0.6) is 0 Å². The van der Waals surface area contributed by atoms with Crippen molar-refractivity contribution < 1.29 is 4.55 Å². The van der Waals surface area contributed by atoms with E-state index in [9.17, 15) is 9.35 Å². The van der Waals surface area contributed by atoms with Crippen molar-refractivity contribution in [1.29, 1.82) is 0 Å². The molecule has 2 N–H and O–H groups in total. The van der Waals surface area contributed by atoms with Crippen LogP contribution in [0.1, 0.15) is 24.2 Å². The number of aromatic nitrogens is 3. The first-order valence-electron chi connectivity index (χ1n) is 8.73. The first kappa shape index (κ1) is 17.2. The number of imidazole rings is 1. The highest BCUT2D eigenvalue weighted by atomic mass is 32.2. The molecule has 26 heavy (non-hydrogen) atoms. The second-order valence-electron chi connectivity index (χ2n) is 7.06. The first-order valence-corrected chi connectivity index (χ1v) is 10.3. The second kappa shape index (κ2) is 6.48. The van der Waals surface area contributed by atoms with Crippen molar-refractivity contribution in [3.05, 3.63) is 46.1 Å². The Bertz CT molecular complexity index is 1030. The van der Waals surface area contributed by atoms with Crippen LogP contribution in [0.3, 0.4) is 0 Å². The van der Waals surface area contributed by atoms with E-state index in [-0.39, 0.29) is 5.56 Å². The molecule has 0 bridgehead atoms. The van der Waals surface area contributed by atoms with Gasteiger partial charge >= 0.3 is 0 Å².